The zero-order valence-corrected chi connectivity index (χ0v) is 13.7. The van der Waals surface area contributed by atoms with E-state index < -0.39 is 4.92 Å². The van der Waals surface area contributed by atoms with Crippen LogP contribution in [0.5, 0.6) is 0 Å². The van der Waals surface area contributed by atoms with Crippen molar-refractivity contribution in [3.05, 3.63) is 38.3 Å². The van der Waals surface area contributed by atoms with Crippen LogP contribution >= 0.6 is 28.3 Å². The second kappa shape index (κ2) is 7.72. The first-order valence-corrected chi connectivity index (χ1v) is 7.23. The summed E-state index contributed by atoms with van der Waals surface area (Å²) >= 11 is 3.28. The largest absolute Gasteiger partial charge is 0.342 e. The van der Waals surface area contributed by atoms with E-state index in [-0.39, 0.29) is 36.5 Å². The van der Waals surface area contributed by atoms with Crippen LogP contribution in [-0.4, -0.2) is 34.9 Å². The maximum atomic E-state index is 12.2. The van der Waals surface area contributed by atoms with E-state index in [9.17, 15) is 14.9 Å². The topological polar surface area (TPSA) is 89.5 Å². The Balaban J connectivity index is 0.00000220. The number of nitro groups is 1. The van der Waals surface area contributed by atoms with Crippen LogP contribution in [0.2, 0.25) is 0 Å². The molecule has 1 aromatic rings. The minimum Gasteiger partial charge on any atom is -0.342 e. The first-order valence-electron chi connectivity index (χ1n) is 6.43. The molecule has 1 fully saturated rings. The van der Waals surface area contributed by atoms with Crippen molar-refractivity contribution in [1.82, 2.24) is 4.90 Å². The van der Waals surface area contributed by atoms with E-state index in [1.807, 2.05) is 0 Å². The summed E-state index contributed by atoms with van der Waals surface area (Å²) in [6.45, 7) is 1.37. The zero-order valence-electron chi connectivity index (χ0n) is 11.3. The molecule has 1 heterocycles. The van der Waals surface area contributed by atoms with Crippen molar-refractivity contribution in [2.75, 3.05) is 13.1 Å². The highest BCUT2D eigenvalue weighted by Crippen LogP contribution is 2.24. The molecule has 1 amide bonds. The average molecular weight is 379 g/mol. The molecule has 0 atom stereocenters. The molecule has 1 aliphatic rings. The number of carbonyl (C=O) groups is 1. The molecular formula is C13H17BrClN3O3. The van der Waals surface area contributed by atoms with Crippen LogP contribution < -0.4 is 5.73 Å². The molecule has 8 heteroatoms. The summed E-state index contributed by atoms with van der Waals surface area (Å²) in [6, 6.07) is 4.65. The third-order valence-electron chi connectivity index (χ3n) is 3.48. The lowest BCUT2D eigenvalue weighted by atomic mass is 10.0. The van der Waals surface area contributed by atoms with E-state index in [0.29, 0.717) is 17.6 Å². The summed E-state index contributed by atoms with van der Waals surface area (Å²) in [6.07, 6.45) is 1.90. The molecule has 1 aliphatic heterocycles. The number of rotatable bonds is 3. The van der Waals surface area contributed by atoms with Gasteiger partial charge in [-0.1, -0.05) is 22.0 Å². The van der Waals surface area contributed by atoms with Crippen molar-refractivity contribution in [3.8, 4) is 0 Å². The quantitative estimate of drug-likeness (QED) is 0.645. The number of hydrogen-bond donors (Lipinski definition) is 1. The molecule has 0 spiro atoms. The molecule has 1 saturated heterocycles. The summed E-state index contributed by atoms with van der Waals surface area (Å²) in [5, 5.41) is 10.7. The monoisotopic (exact) mass is 377 g/mol. The SMILES string of the molecule is Cl.NC1CCN(C(=O)Cc2ccc([N+](=O)[O-])cc2Br)CC1. The standard InChI is InChI=1S/C13H16BrN3O3.ClH/c14-12-8-11(17(19)20)2-1-9(12)7-13(18)16-5-3-10(15)4-6-16;/h1-2,8,10H,3-7,15H2;1H. The van der Waals surface area contributed by atoms with Gasteiger partial charge in [-0.2, -0.15) is 0 Å². The molecule has 0 unspecified atom stereocenters. The Kier molecular flexibility index (Phi) is 6.57. The van der Waals surface area contributed by atoms with Gasteiger partial charge in [-0.3, -0.25) is 14.9 Å². The third-order valence-corrected chi connectivity index (χ3v) is 4.22. The molecule has 116 valence electrons. The number of non-ortho nitro benzene ring substituents is 1. The maximum Gasteiger partial charge on any atom is 0.270 e. The number of nitrogens with zero attached hydrogens (tertiary/aromatic N) is 2. The van der Waals surface area contributed by atoms with E-state index in [1.54, 1.807) is 11.0 Å². The number of benzene rings is 1. The first kappa shape index (κ1) is 17.9. The number of nitrogens with two attached hydrogens (primary N) is 1. The van der Waals surface area contributed by atoms with Crippen molar-refractivity contribution in [1.29, 1.82) is 0 Å². The van der Waals surface area contributed by atoms with Gasteiger partial charge in [0.15, 0.2) is 0 Å². The van der Waals surface area contributed by atoms with Gasteiger partial charge in [0.05, 0.1) is 11.3 Å². The number of piperidine rings is 1. The summed E-state index contributed by atoms with van der Waals surface area (Å²) in [5.41, 5.74) is 6.58. The Morgan fingerprint density at radius 3 is 2.57 bits per heavy atom. The fourth-order valence-electron chi connectivity index (χ4n) is 2.22. The number of likely N-dealkylation sites (tertiary alicyclic amines) is 1. The normalized spacial score (nSPS) is 15.4. The lowest BCUT2D eigenvalue weighted by molar-refractivity contribution is -0.384. The highest BCUT2D eigenvalue weighted by molar-refractivity contribution is 9.10. The van der Waals surface area contributed by atoms with Crippen molar-refractivity contribution < 1.29 is 9.72 Å². The minimum atomic E-state index is -0.456. The van der Waals surface area contributed by atoms with Crippen LogP contribution in [0.1, 0.15) is 18.4 Å². The highest BCUT2D eigenvalue weighted by Gasteiger charge is 2.21. The van der Waals surface area contributed by atoms with E-state index in [1.165, 1.54) is 12.1 Å². The average Bonchev–Trinajstić information content (AvgIpc) is 2.41. The predicted octanol–water partition coefficient (Wildman–Crippen LogP) is 2.27. The fraction of sp³-hybridized carbons (Fsp3) is 0.462. The van der Waals surface area contributed by atoms with Gasteiger partial charge in [-0.25, -0.2) is 0 Å². The molecule has 2 N–H and O–H groups in total. The molecule has 0 aliphatic carbocycles. The molecule has 21 heavy (non-hydrogen) atoms. The summed E-state index contributed by atoms with van der Waals surface area (Å²) < 4.78 is 0.591. The van der Waals surface area contributed by atoms with E-state index in [4.69, 9.17) is 5.73 Å². The number of nitro benzene ring substituents is 1. The smallest absolute Gasteiger partial charge is 0.270 e. The van der Waals surface area contributed by atoms with Gasteiger partial charge in [0.2, 0.25) is 5.91 Å². The molecule has 0 saturated carbocycles. The Morgan fingerprint density at radius 1 is 1.43 bits per heavy atom. The molecular weight excluding hydrogens is 362 g/mol. The van der Waals surface area contributed by atoms with Gasteiger partial charge < -0.3 is 10.6 Å². The number of hydrogen-bond acceptors (Lipinski definition) is 4. The molecule has 1 aromatic carbocycles. The van der Waals surface area contributed by atoms with Gasteiger partial charge in [0, 0.05) is 35.7 Å². The minimum absolute atomic E-state index is 0. The Hall–Kier alpha value is -1.18. The lowest BCUT2D eigenvalue weighted by Gasteiger charge is -2.30. The maximum absolute atomic E-state index is 12.2. The molecule has 0 radical (unpaired) electrons. The van der Waals surface area contributed by atoms with Crippen molar-refractivity contribution in [2.24, 2.45) is 5.73 Å². The Bertz CT molecular complexity index is 533. The molecule has 0 bridgehead atoms. The van der Waals surface area contributed by atoms with Gasteiger partial charge in [0.1, 0.15) is 0 Å². The molecule has 2 rings (SSSR count). The van der Waals surface area contributed by atoms with Crippen LogP contribution in [0.3, 0.4) is 0 Å². The van der Waals surface area contributed by atoms with E-state index in [0.717, 1.165) is 18.4 Å². The lowest BCUT2D eigenvalue weighted by Crippen LogP contribution is -2.43. The highest BCUT2D eigenvalue weighted by atomic mass is 79.9. The van der Waals surface area contributed by atoms with Crippen molar-refractivity contribution >= 4 is 39.9 Å². The summed E-state index contributed by atoms with van der Waals surface area (Å²) in [5.74, 6) is 0.0338. The summed E-state index contributed by atoms with van der Waals surface area (Å²) in [7, 11) is 0. The number of carbonyl (C=O) groups excluding carboxylic acids is 1. The van der Waals surface area contributed by atoms with Gasteiger partial charge >= 0.3 is 0 Å². The van der Waals surface area contributed by atoms with Crippen molar-refractivity contribution in [2.45, 2.75) is 25.3 Å². The second-order valence-electron chi connectivity index (χ2n) is 4.93. The predicted molar refractivity (Wildman–Crippen MR) is 85.5 cm³/mol. The second-order valence-corrected chi connectivity index (χ2v) is 5.78. The summed E-state index contributed by atoms with van der Waals surface area (Å²) in [4.78, 5) is 24.2. The van der Waals surface area contributed by atoms with Gasteiger partial charge in [-0.05, 0) is 18.4 Å². The Morgan fingerprint density at radius 2 is 2.05 bits per heavy atom. The third kappa shape index (κ3) is 4.66. The Labute approximate surface area is 137 Å². The van der Waals surface area contributed by atoms with Gasteiger partial charge in [-0.15, -0.1) is 12.4 Å². The van der Waals surface area contributed by atoms with Crippen LogP contribution in [0.15, 0.2) is 22.7 Å². The first-order chi connectivity index (χ1) is 9.47. The van der Waals surface area contributed by atoms with Crippen molar-refractivity contribution in [3.63, 3.8) is 0 Å². The van der Waals surface area contributed by atoms with Gasteiger partial charge in [0.25, 0.3) is 5.69 Å². The van der Waals surface area contributed by atoms with E-state index >= 15 is 0 Å². The van der Waals surface area contributed by atoms with Crippen LogP contribution in [-0.2, 0) is 11.2 Å². The number of halogens is 2. The number of amides is 1. The zero-order chi connectivity index (χ0) is 14.7. The van der Waals surface area contributed by atoms with Crippen LogP contribution in [0.4, 0.5) is 5.69 Å². The molecule has 0 aromatic heterocycles. The molecule has 6 nitrogen and oxygen atoms in total. The van der Waals surface area contributed by atoms with Crippen LogP contribution in [0, 0.1) is 10.1 Å². The fourth-order valence-corrected chi connectivity index (χ4v) is 2.72. The van der Waals surface area contributed by atoms with Crippen LogP contribution in [0.25, 0.3) is 0 Å². The van der Waals surface area contributed by atoms with E-state index in [2.05, 4.69) is 15.9 Å².